The van der Waals surface area contributed by atoms with Crippen molar-refractivity contribution in [2.24, 2.45) is 5.10 Å². The van der Waals surface area contributed by atoms with Gasteiger partial charge in [-0.25, -0.2) is 9.37 Å². The Labute approximate surface area is 160 Å². The highest BCUT2D eigenvalue weighted by molar-refractivity contribution is 7.22. The van der Waals surface area contributed by atoms with Gasteiger partial charge in [-0.05, 0) is 59.7 Å². The molecule has 0 saturated heterocycles. The lowest BCUT2D eigenvalue weighted by atomic mass is 10.2. The number of fused-ring (bicyclic) bond motifs is 1. The molecular weight excluding hydrogens is 361 g/mol. The zero-order chi connectivity index (χ0) is 18.5. The number of ether oxygens (including phenoxy) is 1. The van der Waals surface area contributed by atoms with E-state index >= 15 is 0 Å². The van der Waals surface area contributed by atoms with Gasteiger partial charge in [-0.3, -0.25) is 5.43 Å². The van der Waals surface area contributed by atoms with Gasteiger partial charge in [0, 0.05) is 0 Å². The molecule has 134 valence electrons. The number of nitrogens with zero attached hydrogens (tertiary/aromatic N) is 2. The van der Waals surface area contributed by atoms with Crippen LogP contribution in [0.4, 0.5) is 9.52 Å². The molecule has 0 fully saturated rings. The van der Waals surface area contributed by atoms with Crippen molar-refractivity contribution in [3.05, 3.63) is 89.7 Å². The molecule has 0 aliphatic carbocycles. The highest BCUT2D eigenvalue weighted by Gasteiger charge is 2.01. The first-order chi connectivity index (χ1) is 13.3. The zero-order valence-corrected chi connectivity index (χ0v) is 15.1. The Kier molecular flexibility index (Phi) is 5.07. The summed E-state index contributed by atoms with van der Waals surface area (Å²) in [6.45, 7) is 0.396. The van der Waals surface area contributed by atoms with E-state index in [0.29, 0.717) is 6.61 Å². The second-order valence-corrected chi connectivity index (χ2v) is 6.87. The molecular formula is C21H16FN3OS. The first-order valence-electron chi connectivity index (χ1n) is 8.38. The average molecular weight is 377 g/mol. The molecule has 0 bridgehead atoms. The molecule has 0 aliphatic rings. The predicted molar refractivity (Wildman–Crippen MR) is 108 cm³/mol. The Balaban J connectivity index is 1.33. The second-order valence-electron chi connectivity index (χ2n) is 5.84. The van der Waals surface area contributed by atoms with Gasteiger partial charge in [0.25, 0.3) is 0 Å². The minimum Gasteiger partial charge on any atom is -0.489 e. The maximum atomic E-state index is 12.9. The monoisotopic (exact) mass is 377 g/mol. The highest BCUT2D eigenvalue weighted by Crippen LogP contribution is 2.25. The summed E-state index contributed by atoms with van der Waals surface area (Å²) in [6, 6.07) is 21.8. The lowest BCUT2D eigenvalue weighted by Gasteiger charge is -2.06. The molecule has 0 saturated carbocycles. The van der Waals surface area contributed by atoms with Crippen LogP contribution >= 0.6 is 11.3 Å². The first kappa shape index (κ1) is 17.2. The van der Waals surface area contributed by atoms with Gasteiger partial charge in [-0.1, -0.05) is 35.6 Å². The number of benzene rings is 3. The van der Waals surface area contributed by atoms with Crippen LogP contribution in [-0.4, -0.2) is 11.2 Å². The van der Waals surface area contributed by atoms with Crippen LogP contribution in [0.25, 0.3) is 10.2 Å². The number of hydrazone groups is 1. The minimum atomic E-state index is -0.248. The summed E-state index contributed by atoms with van der Waals surface area (Å²) in [5, 5.41) is 4.99. The van der Waals surface area contributed by atoms with Crippen molar-refractivity contribution in [2.45, 2.75) is 6.61 Å². The van der Waals surface area contributed by atoms with Crippen molar-refractivity contribution < 1.29 is 9.13 Å². The van der Waals surface area contributed by atoms with Gasteiger partial charge in [-0.2, -0.15) is 5.10 Å². The molecule has 1 heterocycles. The predicted octanol–water partition coefficient (Wildman–Crippen LogP) is 5.46. The number of aromatic nitrogens is 1. The normalized spacial score (nSPS) is 11.1. The fourth-order valence-electron chi connectivity index (χ4n) is 2.48. The SMILES string of the molecule is Fc1ccc(COc2ccc(/C=N\Nc3nc4ccccc4s3)cc2)cc1. The highest BCUT2D eigenvalue weighted by atomic mass is 32.1. The largest absolute Gasteiger partial charge is 0.489 e. The van der Waals surface area contributed by atoms with E-state index in [-0.39, 0.29) is 5.82 Å². The number of para-hydroxylation sites is 1. The van der Waals surface area contributed by atoms with Crippen molar-refractivity contribution in [1.29, 1.82) is 0 Å². The van der Waals surface area contributed by atoms with Gasteiger partial charge in [0.15, 0.2) is 0 Å². The Morgan fingerprint density at radius 1 is 1.00 bits per heavy atom. The van der Waals surface area contributed by atoms with Gasteiger partial charge >= 0.3 is 0 Å². The third-order valence-corrected chi connectivity index (χ3v) is 4.81. The smallest absolute Gasteiger partial charge is 0.204 e. The molecule has 0 atom stereocenters. The summed E-state index contributed by atoms with van der Waals surface area (Å²) < 4.78 is 19.7. The number of thiazole rings is 1. The van der Waals surface area contributed by atoms with E-state index in [0.717, 1.165) is 32.2 Å². The fourth-order valence-corrected chi connectivity index (χ4v) is 3.29. The van der Waals surface area contributed by atoms with E-state index in [2.05, 4.69) is 15.5 Å². The molecule has 3 aromatic carbocycles. The van der Waals surface area contributed by atoms with E-state index < -0.39 is 0 Å². The van der Waals surface area contributed by atoms with Crippen LogP contribution in [0.15, 0.2) is 77.9 Å². The van der Waals surface area contributed by atoms with E-state index in [1.165, 1.54) is 12.1 Å². The number of nitrogens with one attached hydrogen (secondary N) is 1. The van der Waals surface area contributed by atoms with Crippen LogP contribution in [0, 0.1) is 5.82 Å². The van der Waals surface area contributed by atoms with E-state index in [9.17, 15) is 4.39 Å². The van der Waals surface area contributed by atoms with Crippen LogP contribution in [0.5, 0.6) is 5.75 Å². The summed E-state index contributed by atoms with van der Waals surface area (Å²) in [4.78, 5) is 4.47. The quantitative estimate of drug-likeness (QED) is 0.358. The molecule has 4 rings (SSSR count). The van der Waals surface area contributed by atoms with Gasteiger partial charge < -0.3 is 4.74 Å². The van der Waals surface area contributed by atoms with Crippen molar-refractivity contribution in [1.82, 2.24) is 4.98 Å². The lowest BCUT2D eigenvalue weighted by molar-refractivity contribution is 0.306. The molecule has 4 aromatic rings. The zero-order valence-electron chi connectivity index (χ0n) is 14.3. The lowest BCUT2D eigenvalue weighted by Crippen LogP contribution is -1.96. The molecule has 1 N–H and O–H groups in total. The molecule has 0 spiro atoms. The molecule has 6 heteroatoms. The molecule has 27 heavy (non-hydrogen) atoms. The Morgan fingerprint density at radius 2 is 1.78 bits per heavy atom. The van der Waals surface area contributed by atoms with Crippen LogP contribution in [0.1, 0.15) is 11.1 Å². The maximum absolute atomic E-state index is 12.9. The van der Waals surface area contributed by atoms with Gasteiger partial charge in [0.1, 0.15) is 18.2 Å². The third kappa shape index (κ3) is 4.48. The molecule has 4 nitrogen and oxygen atoms in total. The number of hydrogen-bond donors (Lipinski definition) is 1. The molecule has 0 unspecified atom stereocenters. The average Bonchev–Trinajstić information content (AvgIpc) is 3.11. The number of anilines is 1. The van der Waals surface area contributed by atoms with Crippen molar-refractivity contribution in [3.63, 3.8) is 0 Å². The summed E-state index contributed by atoms with van der Waals surface area (Å²) in [7, 11) is 0. The van der Waals surface area contributed by atoms with Gasteiger partial charge in [0.05, 0.1) is 16.4 Å². The molecule has 1 aromatic heterocycles. The van der Waals surface area contributed by atoms with Crippen LogP contribution in [0.2, 0.25) is 0 Å². The maximum Gasteiger partial charge on any atom is 0.204 e. The van der Waals surface area contributed by atoms with E-state index in [1.54, 1.807) is 29.7 Å². The van der Waals surface area contributed by atoms with Crippen molar-refractivity contribution in [3.8, 4) is 5.75 Å². The third-order valence-electron chi connectivity index (χ3n) is 3.87. The second kappa shape index (κ2) is 7.97. The molecule has 0 radical (unpaired) electrons. The summed E-state index contributed by atoms with van der Waals surface area (Å²) in [5.74, 6) is 0.498. The Bertz CT molecular complexity index is 1030. The standard InChI is InChI=1S/C21H16FN3OS/c22-17-9-5-16(6-10-17)14-26-18-11-7-15(8-12-18)13-23-25-21-24-19-3-1-2-4-20(19)27-21/h1-13H,14H2,(H,24,25)/b23-13-. The van der Waals surface area contributed by atoms with Crippen LogP contribution in [0.3, 0.4) is 0 Å². The minimum absolute atomic E-state index is 0.248. The van der Waals surface area contributed by atoms with Crippen molar-refractivity contribution in [2.75, 3.05) is 5.43 Å². The van der Waals surface area contributed by atoms with Gasteiger partial charge in [-0.15, -0.1) is 0 Å². The number of rotatable bonds is 6. The fraction of sp³-hybridized carbons (Fsp3) is 0.0476. The summed E-state index contributed by atoms with van der Waals surface area (Å²) in [6.07, 6.45) is 1.73. The summed E-state index contributed by atoms with van der Waals surface area (Å²) in [5.41, 5.74) is 5.79. The van der Waals surface area contributed by atoms with Crippen LogP contribution < -0.4 is 10.2 Å². The number of hydrogen-bond acceptors (Lipinski definition) is 5. The van der Waals surface area contributed by atoms with Crippen molar-refractivity contribution >= 4 is 32.9 Å². The molecule has 0 amide bonds. The first-order valence-corrected chi connectivity index (χ1v) is 9.20. The Morgan fingerprint density at radius 3 is 2.56 bits per heavy atom. The Hall–Kier alpha value is -3.25. The summed E-state index contributed by atoms with van der Waals surface area (Å²) >= 11 is 1.56. The van der Waals surface area contributed by atoms with Crippen LogP contribution in [-0.2, 0) is 6.61 Å². The molecule has 0 aliphatic heterocycles. The van der Waals surface area contributed by atoms with E-state index in [1.807, 2.05) is 48.5 Å². The number of halogens is 1. The van der Waals surface area contributed by atoms with Gasteiger partial charge in [0.2, 0.25) is 5.13 Å². The topological polar surface area (TPSA) is 46.5 Å². The van der Waals surface area contributed by atoms with E-state index in [4.69, 9.17) is 4.74 Å².